The van der Waals surface area contributed by atoms with E-state index >= 15 is 0 Å². The lowest BCUT2D eigenvalue weighted by molar-refractivity contribution is 0.0815. The van der Waals surface area contributed by atoms with Gasteiger partial charge in [-0.25, -0.2) is 4.79 Å². The zero-order valence-corrected chi connectivity index (χ0v) is 9.95. The van der Waals surface area contributed by atoms with Crippen LogP contribution in [-0.4, -0.2) is 43.8 Å². The van der Waals surface area contributed by atoms with Crippen LogP contribution in [0.15, 0.2) is 0 Å². The molecule has 0 aromatic heterocycles. The Labute approximate surface area is 92.0 Å². The molecular weight excluding hydrogens is 192 g/mol. The van der Waals surface area contributed by atoms with Gasteiger partial charge in [0.15, 0.2) is 0 Å². The second-order valence-corrected chi connectivity index (χ2v) is 4.56. The molecule has 0 aromatic carbocycles. The summed E-state index contributed by atoms with van der Waals surface area (Å²) in [6.45, 7) is 6.57. The molecule has 1 aliphatic heterocycles. The highest BCUT2D eigenvalue weighted by atomic mass is 16.6. The summed E-state index contributed by atoms with van der Waals surface area (Å²) in [7, 11) is 1.83. The van der Waals surface area contributed by atoms with E-state index in [2.05, 4.69) is 5.32 Å². The van der Waals surface area contributed by atoms with Gasteiger partial charge in [-0.15, -0.1) is 0 Å². The molecule has 88 valence electrons. The summed E-state index contributed by atoms with van der Waals surface area (Å²) >= 11 is 0. The van der Waals surface area contributed by atoms with Gasteiger partial charge in [-0.2, -0.15) is 0 Å². The highest BCUT2D eigenvalue weighted by molar-refractivity contribution is 5.67. The van der Waals surface area contributed by atoms with Crippen molar-refractivity contribution < 1.29 is 9.53 Å². The van der Waals surface area contributed by atoms with Gasteiger partial charge in [0, 0.05) is 13.1 Å². The van der Waals surface area contributed by atoms with Crippen molar-refractivity contribution in [2.45, 2.75) is 32.7 Å². The lowest BCUT2D eigenvalue weighted by Crippen LogP contribution is -2.44. The Bertz CT molecular complexity index is 201. The average molecular weight is 214 g/mol. The van der Waals surface area contributed by atoms with E-state index in [-0.39, 0.29) is 6.09 Å². The maximum atomic E-state index is 11.6. The first-order valence-electron chi connectivity index (χ1n) is 5.71. The number of nitrogens with zero attached hydrogens (tertiary/aromatic N) is 1. The highest BCUT2D eigenvalue weighted by Gasteiger charge is 2.22. The Hall–Kier alpha value is -0.770. The van der Waals surface area contributed by atoms with Crippen LogP contribution in [0.3, 0.4) is 0 Å². The van der Waals surface area contributed by atoms with E-state index in [9.17, 15) is 4.79 Å². The predicted octanol–water partition coefficient (Wildman–Crippen LogP) is 1.46. The summed E-state index contributed by atoms with van der Waals surface area (Å²) < 4.78 is 5.19. The molecule has 0 aromatic rings. The average Bonchev–Trinajstić information content (AvgIpc) is 2.26. The fraction of sp³-hybridized carbons (Fsp3) is 0.909. The van der Waals surface area contributed by atoms with Crippen molar-refractivity contribution in [2.24, 2.45) is 5.92 Å². The van der Waals surface area contributed by atoms with Crippen molar-refractivity contribution in [1.29, 1.82) is 0 Å². The molecule has 4 heteroatoms. The maximum Gasteiger partial charge on any atom is 0.409 e. The molecule has 0 unspecified atom stereocenters. The second kappa shape index (κ2) is 5.95. The topological polar surface area (TPSA) is 41.6 Å². The number of carbonyl (C=O) groups excluding carboxylic acids is 1. The second-order valence-electron chi connectivity index (χ2n) is 4.56. The van der Waals surface area contributed by atoms with E-state index in [0.29, 0.717) is 18.6 Å². The molecule has 1 saturated heterocycles. The Morgan fingerprint density at radius 1 is 1.47 bits per heavy atom. The Kier molecular flexibility index (Phi) is 4.88. The number of rotatable bonds is 3. The van der Waals surface area contributed by atoms with E-state index in [0.717, 1.165) is 25.9 Å². The third-order valence-electron chi connectivity index (χ3n) is 2.68. The largest absolute Gasteiger partial charge is 0.449 e. The molecule has 1 N–H and O–H groups in total. The Morgan fingerprint density at radius 3 is 2.60 bits per heavy atom. The van der Waals surface area contributed by atoms with Crippen LogP contribution in [0.1, 0.15) is 26.7 Å². The van der Waals surface area contributed by atoms with Crippen LogP contribution >= 0.6 is 0 Å². The zero-order chi connectivity index (χ0) is 11.3. The number of piperidine rings is 1. The summed E-state index contributed by atoms with van der Waals surface area (Å²) in [4.78, 5) is 13.4. The molecule has 1 amide bonds. The number of nitrogens with one attached hydrogen (secondary N) is 1. The monoisotopic (exact) mass is 214 g/mol. The SMILES string of the molecule is CC(C)COC(=O)N(C)C1CCNCC1. The van der Waals surface area contributed by atoms with Gasteiger partial charge in [0.1, 0.15) is 0 Å². The third-order valence-corrected chi connectivity index (χ3v) is 2.68. The van der Waals surface area contributed by atoms with Crippen LogP contribution in [-0.2, 0) is 4.74 Å². The molecule has 15 heavy (non-hydrogen) atoms. The number of carbonyl (C=O) groups is 1. The van der Waals surface area contributed by atoms with E-state index in [1.54, 1.807) is 4.90 Å². The van der Waals surface area contributed by atoms with Gasteiger partial charge in [-0.1, -0.05) is 13.8 Å². The molecule has 4 nitrogen and oxygen atoms in total. The molecular formula is C11H22N2O2. The van der Waals surface area contributed by atoms with Gasteiger partial charge in [0.2, 0.25) is 0 Å². The van der Waals surface area contributed by atoms with Gasteiger partial charge in [0.25, 0.3) is 0 Å². The zero-order valence-electron chi connectivity index (χ0n) is 9.95. The minimum atomic E-state index is -0.185. The lowest BCUT2D eigenvalue weighted by atomic mass is 10.1. The summed E-state index contributed by atoms with van der Waals surface area (Å²) in [6, 6.07) is 0.339. The van der Waals surface area contributed by atoms with Gasteiger partial charge in [0.05, 0.1) is 6.61 Å². The predicted molar refractivity (Wildman–Crippen MR) is 59.8 cm³/mol. The molecule has 0 saturated carbocycles. The van der Waals surface area contributed by atoms with Gasteiger partial charge >= 0.3 is 6.09 Å². The van der Waals surface area contributed by atoms with Crippen molar-refractivity contribution in [3.63, 3.8) is 0 Å². The fourth-order valence-corrected chi connectivity index (χ4v) is 1.68. The number of amides is 1. The van der Waals surface area contributed by atoms with Crippen LogP contribution in [0.2, 0.25) is 0 Å². The smallest absolute Gasteiger partial charge is 0.409 e. The van der Waals surface area contributed by atoms with Crippen LogP contribution in [0.5, 0.6) is 0 Å². The first kappa shape index (κ1) is 12.3. The van der Waals surface area contributed by atoms with Crippen molar-refractivity contribution in [3.05, 3.63) is 0 Å². The highest BCUT2D eigenvalue weighted by Crippen LogP contribution is 2.11. The fourth-order valence-electron chi connectivity index (χ4n) is 1.68. The minimum Gasteiger partial charge on any atom is -0.449 e. The van der Waals surface area contributed by atoms with Gasteiger partial charge < -0.3 is 15.0 Å². The van der Waals surface area contributed by atoms with Crippen LogP contribution in [0.25, 0.3) is 0 Å². The minimum absolute atomic E-state index is 0.185. The van der Waals surface area contributed by atoms with E-state index < -0.39 is 0 Å². The Morgan fingerprint density at radius 2 is 2.07 bits per heavy atom. The quantitative estimate of drug-likeness (QED) is 0.773. The van der Waals surface area contributed by atoms with Crippen LogP contribution in [0.4, 0.5) is 4.79 Å². The van der Waals surface area contributed by atoms with E-state index in [4.69, 9.17) is 4.74 Å². The van der Waals surface area contributed by atoms with Crippen molar-refractivity contribution >= 4 is 6.09 Å². The summed E-state index contributed by atoms with van der Waals surface area (Å²) in [5.74, 6) is 0.398. The normalized spacial score (nSPS) is 17.9. The van der Waals surface area contributed by atoms with E-state index in [1.807, 2.05) is 20.9 Å². The van der Waals surface area contributed by atoms with Gasteiger partial charge in [-0.3, -0.25) is 0 Å². The molecule has 0 spiro atoms. The van der Waals surface area contributed by atoms with E-state index in [1.165, 1.54) is 0 Å². The molecule has 1 heterocycles. The maximum absolute atomic E-state index is 11.6. The number of ether oxygens (including phenoxy) is 1. The van der Waals surface area contributed by atoms with Crippen molar-refractivity contribution in [3.8, 4) is 0 Å². The first-order valence-corrected chi connectivity index (χ1v) is 5.71. The van der Waals surface area contributed by atoms with Crippen LogP contribution < -0.4 is 5.32 Å². The first-order chi connectivity index (χ1) is 7.11. The molecule has 0 radical (unpaired) electrons. The van der Waals surface area contributed by atoms with Crippen LogP contribution in [0, 0.1) is 5.92 Å². The molecule has 1 aliphatic rings. The standard InChI is InChI=1S/C11H22N2O2/c1-9(2)8-15-11(14)13(3)10-4-6-12-7-5-10/h9-10,12H,4-8H2,1-3H3. The molecule has 1 fully saturated rings. The molecule has 0 atom stereocenters. The molecule has 1 rings (SSSR count). The number of hydrogen-bond donors (Lipinski definition) is 1. The summed E-state index contributed by atoms with van der Waals surface area (Å²) in [6.07, 6.45) is 1.86. The van der Waals surface area contributed by atoms with Crippen molar-refractivity contribution in [2.75, 3.05) is 26.7 Å². The molecule has 0 bridgehead atoms. The Balaban J connectivity index is 2.30. The van der Waals surface area contributed by atoms with Crippen molar-refractivity contribution in [1.82, 2.24) is 10.2 Å². The summed E-state index contributed by atoms with van der Waals surface area (Å²) in [5, 5.41) is 3.28. The third kappa shape index (κ3) is 4.08. The summed E-state index contributed by atoms with van der Waals surface area (Å²) in [5.41, 5.74) is 0. The number of hydrogen-bond acceptors (Lipinski definition) is 3. The van der Waals surface area contributed by atoms with Gasteiger partial charge in [-0.05, 0) is 31.8 Å². The molecule has 0 aliphatic carbocycles. The lowest BCUT2D eigenvalue weighted by Gasteiger charge is -2.31.